The molecule has 1 fully saturated rings. The molecule has 106 valence electrons. The van der Waals surface area contributed by atoms with Gasteiger partial charge in [0, 0.05) is 6.04 Å². The number of nitrogens with zero attached hydrogens (tertiary/aromatic N) is 1. The van der Waals surface area contributed by atoms with Crippen molar-refractivity contribution in [1.29, 1.82) is 0 Å². The fourth-order valence-corrected chi connectivity index (χ4v) is 3.90. The van der Waals surface area contributed by atoms with Crippen LogP contribution in [0.25, 0.3) is 0 Å². The molecule has 19 heavy (non-hydrogen) atoms. The van der Waals surface area contributed by atoms with Crippen molar-refractivity contribution in [2.45, 2.75) is 51.6 Å². The van der Waals surface area contributed by atoms with Crippen LogP contribution in [0.4, 0.5) is 0 Å². The van der Waals surface area contributed by atoms with Crippen molar-refractivity contribution in [3.8, 4) is 0 Å². The van der Waals surface area contributed by atoms with Crippen LogP contribution >= 0.6 is 0 Å². The molecule has 0 bridgehead atoms. The van der Waals surface area contributed by atoms with Crippen LogP contribution in [0.2, 0.25) is 19.6 Å². The standard InChI is InChI=1S/C16H27NOSi/c1-14(17-12-8-9-13-17)16(18-19(2,3)4)15-10-6-5-7-11-15/h5-7,10-11,14,16H,8-9,12-13H2,1-4H3/t14-,16+/m1/s1. The highest BCUT2D eigenvalue weighted by molar-refractivity contribution is 6.69. The molecule has 0 amide bonds. The zero-order valence-electron chi connectivity index (χ0n) is 12.7. The van der Waals surface area contributed by atoms with Crippen molar-refractivity contribution >= 4 is 8.32 Å². The summed E-state index contributed by atoms with van der Waals surface area (Å²) in [5, 5.41) is 0. The molecule has 1 aliphatic heterocycles. The molecule has 0 aliphatic carbocycles. The van der Waals surface area contributed by atoms with Crippen LogP contribution in [0.5, 0.6) is 0 Å². The van der Waals surface area contributed by atoms with Crippen LogP contribution in [-0.4, -0.2) is 32.3 Å². The fourth-order valence-electron chi connectivity index (χ4n) is 2.81. The van der Waals surface area contributed by atoms with Gasteiger partial charge in [0.25, 0.3) is 0 Å². The molecule has 0 unspecified atom stereocenters. The lowest BCUT2D eigenvalue weighted by atomic mass is 10.0. The van der Waals surface area contributed by atoms with Gasteiger partial charge in [-0.3, -0.25) is 4.90 Å². The van der Waals surface area contributed by atoms with Crippen LogP contribution < -0.4 is 0 Å². The topological polar surface area (TPSA) is 12.5 Å². The number of hydrogen-bond acceptors (Lipinski definition) is 2. The number of benzene rings is 1. The summed E-state index contributed by atoms with van der Waals surface area (Å²) in [6.07, 6.45) is 2.88. The lowest BCUT2D eigenvalue weighted by Crippen LogP contribution is -2.40. The summed E-state index contributed by atoms with van der Waals surface area (Å²) in [7, 11) is -1.54. The summed E-state index contributed by atoms with van der Waals surface area (Å²) in [6.45, 7) is 11.6. The Kier molecular flexibility index (Phi) is 4.82. The first kappa shape index (κ1) is 14.8. The van der Waals surface area contributed by atoms with Crippen LogP contribution in [-0.2, 0) is 4.43 Å². The van der Waals surface area contributed by atoms with E-state index < -0.39 is 8.32 Å². The minimum atomic E-state index is -1.54. The second-order valence-corrected chi connectivity index (χ2v) is 11.0. The molecule has 0 aromatic heterocycles. The molecule has 1 saturated heterocycles. The monoisotopic (exact) mass is 277 g/mol. The summed E-state index contributed by atoms with van der Waals surface area (Å²) in [4.78, 5) is 2.58. The predicted octanol–water partition coefficient (Wildman–Crippen LogP) is 4.06. The molecule has 1 heterocycles. The van der Waals surface area contributed by atoms with Crippen molar-refractivity contribution in [2.24, 2.45) is 0 Å². The van der Waals surface area contributed by atoms with Gasteiger partial charge in [0.05, 0.1) is 6.10 Å². The Bertz CT molecular complexity index is 381. The zero-order chi connectivity index (χ0) is 13.9. The third-order valence-corrected chi connectivity index (χ3v) is 4.72. The molecule has 2 rings (SSSR count). The average Bonchev–Trinajstić information content (AvgIpc) is 2.89. The van der Waals surface area contributed by atoms with Gasteiger partial charge in [-0.25, -0.2) is 0 Å². The quantitative estimate of drug-likeness (QED) is 0.752. The van der Waals surface area contributed by atoms with E-state index in [-0.39, 0.29) is 6.10 Å². The van der Waals surface area contributed by atoms with Gasteiger partial charge in [0.2, 0.25) is 0 Å². The minimum Gasteiger partial charge on any atom is -0.409 e. The van der Waals surface area contributed by atoms with Crippen LogP contribution in [0, 0.1) is 0 Å². The Balaban J connectivity index is 2.18. The summed E-state index contributed by atoms with van der Waals surface area (Å²) in [5.41, 5.74) is 1.32. The van der Waals surface area contributed by atoms with Gasteiger partial charge in [-0.2, -0.15) is 0 Å². The van der Waals surface area contributed by atoms with Crippen molar-refractivity contribution in [1.82, 2.24) is 4.90 Å². The Morgan fingerprint density at radius 3 is 2.16 bits per heavy atom. The van der Waals surface area contributed by atoms with Gasteiger partial charge in [0.15, 0.2) is 8.32 Å². The molecule has 2 atom stereocenters. The first-order chi connectivity index (χ1) is 8.97. The van der Waals surface area contributed by atoms with Gasteiger partial charge in [-0.15, -0.1) is 0 Å². The highest BCUT2D eigenvalue weighted by Crippen LogP contribution is 2.30. The van der Waals surface area contributed by atoms with E-state index in [4.69, 9.17) is 4.43 Å². The van der Waals surface area contributed by atoms with E-state index in [0.717, 1.165) is 0 Å². The predicted molar refractivity (Wildman–Crippen MR) is 83.9 cm³/mol. The Morgan fingerprint density at radius 2 is 1.63 bits per heavy atom. The fraction of sp³-hybridized carbons (Fsp3) is 0.625. The highest BCUT2D eigenvalue weighted by Gasteiger charge is 2.31. The van der Waals surface area contributed by atoms with Gasteiger partial charge in [0.1, 0.15) is 0 Å². The molecule has 0 N–H and O–H groups in total. The Hall–Kier alpha value is -0.643. The molecular formula is C16H27NOSi. The molecule has 1 aromatic rings. The van der Waals surface area contributed by atoms with E-state index >= 15 is 0 Å². The second-order valence-electron chi connectivity index (χ2n) is 6.55. The molecular weight excluding hydrogens is 250 g/mol. The Labute approximate surface area is 118 Å². The maximum Gasteiger partial charge on any atom is 0.184 e. The summed E-state index contributed by atoms with van der Waals surface area (Å²) < 4.78 is 6.50. The molecule has 0 saturated carbocycles. The Morgan fingerprint density at radius 1 is 1.05 bits per heavy atom. The number of likely N-dealkylation sites (tertiary alicyclic amines) is 1. The molecule has 1 aromatic carbocycles. The first-order valence-corrected chi connectivity index (χ1v) is 10.8. The molecule has 1 aliphatic rings. The van der Waals surface area contributed by atoms with Crippen molar-refractivity contribution in [3.05, 3.63) is 35.9 Å². The maximum atomic E-state index is 6.50. The van der Waals surface area contributed by atoms with E-state index in [9.17, 15) is 0 Å². The van der Waals surface area contributed by atoms with E-state index in [2.05, 4.69) is 61.8 Å². The molecule has 3 heteroatoms. The normalized spacial score (nSPS) is 20.4. The SMILES string of the molecule is C[C@H]([C@H](O[Si](C)(C)C)c1ccccc1)N1CCCC1. The lowest BCUT2D eigenvalue weighted by Gasteiger charge is -2.36. The van der Waals surface area contributed by atoms with Crippen molar-refractivity contribution in [3.63, 3.8) is 0 Å². The first-order valence-electron chi connectivity index (χ1n) is 7.44. The third kappa shape index (κ3) is 4.16. The van der Waals surface area contributed by atoms with E-state index in [0.29, 0.717) is 6.04 Å². The van der Waals surface area contributed by atoms with E-state index in [1.165, 1.54) is 31.5 Å². The molecule has 0 radical (unpaired) electrons. The van der Waals surface area contributed by atoms with E-state index in [1.54, 1.807) is 0 Å². The summed E-state index contributed by atoms with van der Waals surface area (Å²) in [5.74, 6) is 0. The van der Waals surface area contributed by atoms with Crippen molar-refractivity contribution in [2.75, 3.05) is 13.1 Å². The molecule has 0 spiro atoms. The summed E-state index contributed by atoms with van der Waals surface area (Å²) in [6, 6.07) is 11.2. The van der Waals surface area contributed by atoms with Gasteiger partial charge in [-0.1, -0.05) is 30.3 Å². The zero-order valence-corrected chi connectivity index (χ0v) is 13.7. The largest absolute Gasteiger partial charge is 0.409 e. The lowest BCUT2D eigenvalue weighted by molar-refractivity contribution is 0.0856. The highest BCUT2D eigenvalue weighted by atomic mass is 28.4. The average molecular weight is 277 g/mol. The summed E-state index contributed by atoms with van der Waals surface area (Å²) >= 11 is 0. The maximum absolute atomic E-state index is 6.50. The second kappa shape index (κ2) is 6.20. The number of rotatable bonds is 5. The van der Waals surface area contributed by atoms with Crippen LogP contribution in [0.3, 0.4) is 0 Å². The smallest absolute Gasteiger partial charge is 0.184 e. The van der Waals surface area contributed by atoms with E-state index in [1.807, 2.05) is 0 Å². The van der Waals surface area contributed by atoms with Crippen LogP contribution in [0.1, 0.15) is 31.4 Å². The third-order valence-electron chi connectivity index (χ3n) is 3.76. The minimum absolute atomic E-state index is 0.214. The molecule has 2 nitrogen and oxygen atoms in total. The van der Waals surface area contributed by atoms with Crippen molar-refractivity contribution < 1.29 is 4.43 Å². The van der Waals surface area contributed by atoms with Gasteiger partial charge < -0.3 is 4.43 Å². The van der Waals surface area contributed by atoms with Gasteiger partial charge >= 0.3 is 0 Å². The number of hydrogen-bond donors (Lipinski definition) is 0. The van der Waals surface area contributed by atoms with Crippen LogP contribution in [0.15, 0.2) is 30.3 Å². The van der Waals surface area contributed by atoms with Gasteiger partial charge in [-0.05, 0) is 58.1 Å².